The number of aliphatic hydroxyl groups excluding tert-OH is 1. The summed E-state index contributed by atoms with van der Waals surface area (Å²) in [4.78, 5) is 13.4. The number of aromatic hydroxyl groups is 2. The Morgan fingerprint density at radius 3 is 2.41 bits per heavy atom. The van der Waals surface area contributed by atoms with Crippen LogP contribution in [-0.2, 0) is 6.42 Å². The zero-order valence-electron chi connectivity index (χ0n) is 21.7. The van der Waals surface area contributed by atoms with Gasteiger partial charge in [-0.1, -0.05) is 18.6 Å². The van der Waals surface area contributed by atoms with Gasteiger partial charge in [0.1, 0.15) is 22.8 Å². The third-order valence-electron chi connectivity index (χ3n) is 6.72. The van der Waals surface area contributed by atoms with Crippen molar-refractivity contribution in [2.24, 2.45) is 0 Å². The lowest BCUT2D eigenvalue weighted by Gasteiger charge is -2.28. The fourth-order valence-electron chi connectivity index (χ4n) is 4.84. The molecule has 4 rings (SSSR count). The molecule has 2 atom stereocenters. The summed E-state index contributed by atoms with van der Waals surface area (Å²) in [6, 6.07) is 4.83. The van der Waals surface area contributed by atoms with Crippen molar-refractivity contribution >= 4 is 11.0 Å². The zero-order valence-corrected chi connectivity index (χ0v) is 21.7. The largest absolute Gasteiger partial charge is 0.504 e. The maximum Gasteiger partial charge on any atom is 0.239 e. The minimum atomic E-state index is -1.12. The van der Waals surface area contributed by atoms with E-state index in [1.165, 1.54) is 20.3 Å². The van der Waals surface area contributed by atoms with Crippen molar-refractivity contribution < 1.29 is 39.1 Å². The molecule has 1 aromatic heterocycles. The Bertz CT molecular complexity index is 1440. The van der Waals surface area contributed by atoms with Gasteiger partial charge in [-0.3, -0.25) is 4.79 Å². The third kappa shape index (κ3) is 4.49. The predicted molar refractivity (Wildman–Crippen MR) is 138 cm³/mol. The van der Waals surface area contributed by atoms with Crippen molar-refractivity contribution in [3.8, 4) is 40.1 Å². The molecular formula is C28H32O9. The molecule has 1 aliphatic rings. The fraction of sp³-hybridized carbons (Fsp3) is 0.393. The SMILES string of the molecule is COc1c(O)cc2oc(-c3cc(C/C=C(/C)CO)c4c(c3)[C@H](C)[C@@H](C(C)(C)O)O4)c(OC)c(=O)c2c1O. The topological polar surface area (TPSA) is 139 Å². The standard InChI is InChI=1S/C28H32O9/c1-13(12-29)7-8-15-9-16(10-17-14(2)27(28(3,4)33)37-23(15)17)24-26(35-6)22(32)20-19(36-24)11-18(30)25(34-5)21(20)31/h7,9-11,14,27,29-31,33H,8,12H2,1-6H3/b13-7-/t14-,27-/m0/s1. The van der Waals surface area contributed by atoms with E-state index in [0.717, 1.165) is 16.7 Å². The molecule has 0 aliphatic carbocycles. The molecule has 2 aromatic carbocycles. The molecule has 0 bridgehead atoms. The highest BCUT2D eigenvalue weighted by molar-refractivity contribution is 5.91. The Kier molecular flexibility index (Phi) is 6.87. The number of hydrogen-bond donors (Lipinski definition) is 4. The highest BCUT2D eigenvalue weighted by atomic mass is 16.5. The summed E-state index contributed by atoms with van der Waals surface area (Å²) in [7, 11) is 2.59. The number of aliphatic hydroxyl groups is 2. The van der Waals surface area contributed by atoms with Gasteiger partial charge < -0.3 is 39.1 Å². The second kappa shape index (κ2) is 9.64. The van der Waals surface area contributed by atoms with E-state index >= 15 is 0 Å². The Hall–Kier alpha value is -3.69. The van der Waals surface area contributed by atoms with Crippen LogP contribution in [0.4, 0.5) is 0 Å². The predicted octanol–water partition coefficient (Wildman–Crippen LogP) is 4.00. The minimum Gasteiger partial charge on any atom is -0.504 e. The van der Waals surface area contributed by atoms with E-state index in [9.17, 15) is 25.2 Å². The van der Waals surface area contributed by atoms with Crippen LogP contribution in [0.25, 0.3) is 22.3 Å². The minimum absolute atomic E-state index is 0.0478. The monoisotopic (exact) mass is 512 g/mol. The van der Waals surface area contributed by atoms with Gasteiger partial charge >= 0.3 is 0 Å². The van der Waals surface area contributed by atoms with Crippen LogP contribution >= 0.6 is 0 Å². The van der Waals surface area contributed by atoms with E-state index in [2.05, 4.69) is 0 Å². The molecule has 0 spiro atoms. The molecule has 9 heteroatoms. The van der Waals surface area contributed by atoms with Gasteiger partial charge in [0.25, 0.3) is 0 Å². The van der Waals surface area contributed by atoms with E-state index in [-0.39, 0.29) is 46.5 Å². The summed E-state index contributed by atoms with van der Waals surface area (Å²) in [5, 5.41) is 40.9. The van der Waals surface area contributed by atoms with Gasteiger partial charge in [-0.2, -0.15) is 0 Å². The Morgan fingerprint density at radius 1 is 1.14 bits per heavy atom. The summed E-state index contributed by atoms with van der Waals surface area (Å²) >= 11 is 0. The molecule has 0 fully saturated rings. The molecule has 1 aliphatic heterocycles. The highest BCUT2D eigenvalue weighted by Gasteiger charge is 2.42. The van der Waals surface area contributed by atoms with Crippen molar-refractivity contribution in [2.45, 2.75) is 51.7 Å². The second-order valence-electron chi connectivity index (χ2n) is 9.89. The first kappa shape index (κ1) is 26.4. The summed E-state index contributed by atoms with van der Waals surface area (Å²) in [6.45, 7) is 7.05. The van der Waals surface area contributed by atoms with Crippen LogP contribution in [0.3, 0.4) is 0 Å². The van der Waals surface area contributed by atoms with Gasteiger partial charge in [-0.05, 0) is 44.9 Å². The zero-order chi connectivity index (χ0) is 27.2. The van der Waals surface area contributed by atoms with Crippen LogP contribution in [0.2, 0.25) is 0 Å². The first-order chi connectivity index (χ1) is 17.4. The number of rotatable bonds is 7. The van der Waals surface area contributed by atoms with Crippen molar-refractivity contribution in [2.75, 3.05) is 20.8 Å². The van der Waals surface area contributed by atoms with Crippen molar-refractivity contribution in [1.29, 1.82) is 0 Å². The van der Waals surface area contributed by atoms with E-state index in [4.69, 9.17) is 18.6 Å². The van der Waals surface area contributed by atoms with E-state index in [0.29, 0.717) is 17.7 Å². The number of benzene rings is 2. The van der Waals surface area contributed by atoms with Crippen LogP contribution in [-0.4, -0.2) is 53.0 Å². The summed E-state index contributed by atoms with van der Waals surface area (Å²) in [6.07, 6.45) is 1.79. The molecule has 9 nitrogen and oxygen atoms in total. The molecule has 2 heterocycles. The van der Waals surface area contributed by atoms with Crippen molar-refractivity contribution in [3.63, 3.8) is 0 Å². The molecule has 0 radical (unpaired) electrons. The summed E-state index contributed by atoms with van der Waals surface area (Å²) in [5.74, 6) is -0.765. The Balaban J connectivity index is 2.00. The van der Waals surface area contributed by atoms with Gasteiger partial charge in [0.2, 0.25) is 16.9 Å². The molecule has 198 valence electrons. The first-order valence-electron chi connectivity index (χ1n) is 11.9. The fourth-order valence-corrected chi connectivity index (χ4v) is 4.84. The lowest BCUT2D eigenvalue weighted by atomic mass is 9.86. The Morgan fingerprint density at radius 2 is 1.81 bits per heavy atom. The van der Waals surface area contributed by atoms with Crippen molar-refractivity contribution in [1.82, 2.24) is 0 Å². The molecule has 37 heavy (non-hydrogen) atoms. The number of methoxy groups -OCH3 is 2. The van der Waals surface area contributed by atoms with Crippen molar-refractivity contribution in [3.05, 3.63) is 51.2 Å². The molecule has 0 saturated heterocycles. The maximum atomic E-state index is 13.4. The number of fused-ring (bicyclic) bond motifs is 2. The van der Waals surface area contributed by atoms with Crippen LogP contribution in [0.15, 0.2) is 39.1 Å². The van der Waals surface area contributed by atoms with E-state index in [1.54, 1.807) is 19.9 Å². The number of ether oxygens (including phenoxy) is 3. The maximum absolute atomic E-state index is 13.4. The van der Waals surface area contributed by atoms with E-state index < -0.39 is 22.9 Å². The molecule has 4 N–H and O–H groups in total. The normalized spacial score (nSPS) is 17.6. The molecule has 0 amide bonds. The second-order valence-corrected chi connectivity index (χ2v) is 9.89. The lowest BCUT2D eigenvalue weighted by Crippen LogP contribution is -2.41. The summed E-state index contributed by atoms with van der Waals surface area (Å²) < 4.78 is 22.7. The highest BCUT2D eigenvalue weighted by Crippen LogP contribution is 2.48. The summed E-state index contributed by atoms with van der Waals surface area (Å²) in [5.41, 5.74) is 1.08. The smallest absolute Gasteiger partial charge is 0.239 e. The molecule has 0 unspecified atom stereocenters. The quantitative estimate of drug-likeness (QED) is 0.346. The van der Waals surface area contributed by atoms with Crippen LogP contribution in [0.5, 0.6) is 28.7 Å². The molecule has 0 saturated carbocycles. The third-order valence-corrected chi connectivity index (χ3v) is 6.72. The number of phenolic OH excluding ortho intramolecular Hbond substituents is 2. The molecule has 3 aromatic rings. The number of hydrogen-bond acceptors (Lipinski definition) is 9. The average molecular weight is 513 g/mol. The molecular weight excluding hydrogens is 480 g/mol. The van der Waals surface area contributed by atoms with Gasteiger partial charge in [-0.15, -0.1) is 0 Å². The first-order valence-corrected chi connectivity index (χ1v) is 11.9. The van der Waals surface area contributed by atoms with E-state index in [1.807, 2.05) is 26.0 Å². The number of phenols is 2. The number of allylic oxidation sites excluding steroid dienone is 1. The average Bonchev–Trinajstić information content (AvgIpc) is 3.19. The van der Waals surface area contributed by atoms with Gasteiger partial charge in [0.05, 0.1) is 26.4 Å². The van der Waals surface area contributed by atoms with Crippen LogP contribution in [0, 0.1) is 0 Å². The van der Waals surface area contributed by atoms with Gasteiger partial charge in [0.15, 0.2) is 17.3 Å². The van der Waals surface area contributed by atoms with Crippen LogP contribution in [0.1, 0.15) is 44.7 Å². The van der Waals surface area contributed by atoms with Gasteiger partial charge in [-0.25, -0.2) is 0 Å². The Labute approximate surface area is 214 Å². The van der Waals surface area contributed by atoms with Gasteiger partial charge in [0, 0.05) is 23.1 Å². The van der Waals surface area contributed by atoms with Crippen LogP contribution < -0.4 is 19.6 Å². The lowest BCUT2D eigenvalue weighted by molar-refractivity contribution is -0.0324.